The van der Waals surface area contributed by atoms with Crippen molar-refractivity contribution in [3.05, 3.63) is 52.9 Å². The maximum Gasteiger partial charge on any atom is 0.258 e. The molecule has 1 fully saturated rings. The normalized spacial score (nSPS) is 21.0. The Labute approximate surface area is 147 Å². The average molecular weight is 362 g/mol. The van der Waals surface area contributed by atoms with Gasteiger partial charge in [-0.3, -0.25) is 9.36 Å². The molecule has 0 saturated carbocycles. The van der Waals surface area contributed by atoms with Gasteiger partial charge >= 0.3 is 0 Å². The van der Waals surface area contributed by atoms with Gasteiger partial charge in [0.1, 0.15) is 11.9 Å². The molecule has 0 radical (unpaired) electrons. The second-order valence-corrected chi connectivity index (χ2v) is 8.47. The highest BCUT2D eigenvalue weighted by Gasteiger charge is 2.19. The van der Waals surface area contributed by atoms with Gasteiger partial charge in [0.25, 0.3) is 5.56 Å². The van der Waals surface area contributed by atoms with Crippen LogP contribution in [-0.4, -0.2) is 37.9 Å². The summed E-state index contributed by atoms with van der Waals surface area (Å²) in [6, 6.07) is 9.87. The van der Waals surface area contributed by atoms with Crippen LogP contribution < -0.4 is 15.6 Å². The Bertz CT molecular complexity index is 903. The van der Waals surface area contributed by atoms with E-state index in [1.54, 1.807) is 24.4 Å². The lowest BCUT2D eigenvalue weighted by atomic mass is 10.0. The van der Waals surface area contributed by atoms with Crippen molar-refractivity contribution in [2.24, 2.45) is 0 Å². The van der Waals surface area contributed by atoms with Crippen LogP contribution >= 0.6 is 0 Å². The number of hydrogen-bond donors (Lipinski definition) is 1. The topological polar surface area (TPSA) is 77.4 Å². The molecule has 0 unspecified atom stereocenters. The van der Waals surface area contributed by atoms with Gasteiger partial charge in [-0.15, -0.1) is 0 Å². The lowest BCUT2D eigenvalue weighted by Gasteiger charge is -2.28. The predicted molar refractivity (Wildman–Crippen MR) is 96.3 cm³/mol. The van der Waals surface area contributed by atoms with E-state index in [-0.39, 0.29) is 16.6 Å². The summed E-state index contributed by atoms with van der Waals surface area (Å²) in [6.07, 6.45) is 4.75. The first-order valence-corrected chi connectivity index (χ1v) is 10.2. The molecule has 25 heavy (non-hydrogen) atoms. The van der Waals surface area contributed by atoms with Crippen LogP contribution in [0.1, 0.15) is 19.8 Å². The molecule has 0 amide bonds. The number of rotatable bonds is 4. The molecule has 3 rings (SSSR count). The lowest BCUT2D eigenvalue weighted by Crippen LogP contribution is -2.40. The van der Waals surface area contributed by atoms with Crippen LogP contribution in [0.2, 0.25) is 0 Å². The van der Waals surface area contributed by atoms with Crippen LogP contribution in [0.15, 0.2) is 52.3 Å². The smallest absolute Gasteiger partial charge is 0.258 e. The molecule has 7 heteroatoms. The van der Waals surface area contributed by atoms with Gasteiger partial charge in [0.2, 0.25) is 0 Å². The molecular weight excluding hydrogens is 340 g/mol. The van der Waals surface area contributed by atoms with Gasteiger partial charge in [-0.05, 0) is 56.6 Å². The van der Waals surface area contributed by atoms with E-state index < -0.39 is 9.84 Å². The number of piperidine rings is 1. The molecule has 1 aromatic heterocycles. The zero-order valence-electron chi connectivity index (χ0n) is 14.3. The van der Waals surface area contributed by atoms with Gasteiger partial charge in [-0.2, -0.15) is 0 Å². The van der Waals surface area contributed by atoms with Gasteiger partial charge in [0.05, 0.1) is 4.90 Å². The lowest BCUT2D eigenvalue weighted by molar-refractivity contribution is 0.143. The van der Waals surface area contributed by atoms with E-state index >= 15 is 0 Å². The maximum atomic E-state index is 12.4. The SMILES string of the molecule is C[C@H]1C[C@@H](Oc2ccn(-c3ccc(S(C)(=O)=O)cc3)c(=O)c2)CCN1. The minimum Gasteiger partial charge on any atom is -0.490 e. The van der Waals surface area contributed by atoms with Gasteiger partial charge in [0.15, 0.2) is 9.84 Å². The number of ether oxygens (including phenoxy) is 1. The minimum atomic E-state index is -3.25. The highest BCUT2D eigenvalue weighted by atomic mass is 32.2. The van der Waals surface area contributed by atoms with Crippen molar-refractivity contribution >= 4 is 9.84 Å². The standard InChI is InChI=1S/C18H22N2O4S/c1-13-11-15(7-9-19-13)24-16-8-10-20(18(21)12-16)14-3-5-17(6-4-14)25(2,22)23/h3-6,8,10,12-13,15,19H,7,9,11H2,1-2H3/t13-,15-/m0/s1. The van der Waals surface area contributed by atoms with Crippen LogP contribution in [0.25, 0.3) is 5.69 Å². The fraction of sp³-hybridized carbons (Fsp3) is 0.389. The number of aromatic nitrogens is 1. The minimum absolute atomic E-state index is 0.112. The number of benzene rings is 1. The summed E-state index contributed by atoms with van der Waals surface area (Å²) < 4.78 is 30.4. The first-order chi connectivity index (χ1) is 11.8. The van der Waals surface area contributed by atoms with E-state index in [1.165, 1.54) is 22.8 Å². The van der Waals surface area contributed by atoms with Crippen molar-refractivity contribution in [2.45, 2.75) is 36.8 Å². The summed E-state index contributed by atoms with van der Waals surface area (Å²) in [5.41, 5.74) is 0.394. The molecule has 0 aliphatic carbocycles. The van der Waals surface area contributed by atoms with E-state index in [4.69, 9.17) is 4.74 Å². The Balaban J connectivity index is 1.79. The summed E-state index contributed by atoms with van der Waals surface area (Å²) in [7, 11) is -3.25. The molecule has 134 valence electrons. The van der Waals surface area contributed by atoms with Crippen molar-refractivity contribution in [3.8, 4) is 11.4 Å². The summed E-state index contributed by atoms with van der Waals surface area (Å²) >= 11 is 0. The van der Waals surface area contributed by atoms with E-state index in [2.05, 4.69) is 12.2 Å². The summed E-state index contributed by atoms with van der Waals surface area (Å²) in [6.45, 7) is 3.03. The third kappa shape index (κ3) is 4.29. The predicted octanol–water partition coefficient (Wildman–Crippen LogP) is 1.76. The van der Waals surface area contributed by atoms with E-state index in [1.807, 2.05) is 0 Å². The van der Waals surface area contributed by atoms with Crippen LogP contribution in [0.3, 0.4) is 0 Å². The number of nitrogens with zero attached hydrogens (tertiary/aromatic N) is 1. The number of sulfone groups is 1. The van der Waals surface area contributed by atoms with Gasteiger partial charge in [-0.25, -0.2) is 8.42 Å². The van der Waals surface area contributed by atoms with Crippen LogP contribution in [0, 0.1) is 0 Å². The summed E-state index contributed by atoms with van der Waals surface area (Å²) in [5, 5.41) is 3.37. The van der Waals surface area contributed by atoms with E-state index in [0.29, 0.717) is 17.5 Å². The molecule has 1 aromatic carbocycles. The fourth-order valence-corrected chi connectivity index (χ4v) is 3.62. The fourth-order valence-electron chi connectivity index (χ4n) is 2.99. The van der Waals surface area contributed by atoms with Gasteiger partial charge < -0.3 is 10.1 Å². The molecule has 6 nitrogen and oxygen atoms in total. The Morgan fingerprint density at radius 1 is 1.20 bits per heavy atom. The van der Waals surface area contributed by atoms with E-state index in [0.717, 1.165) is 25.6 Å². The molecule has 2 atom stereocenters. The average Bonchev–Trinajstić information content (AvgIpc) is 2.54. The molecule has 1 aliphatic rings. The molecular formula is C18H22N2O4S. The van der Waals surface area contributed by atoms with Crippen molar-refractivity contribution in [1.82, 2.24) is 9.88 Å². The first kappa shape index (κ1) is 17.7. The molecule has 2 aromatic rings. The Kier molecular flexibility index (Phi) is 4.96. The molecule has 1 saturated heterocycles. The molecule has 0 spiro atoms. The van der Waals surface area contributed by atoms with Crippen LogP contribution in [-0.2, 0) is 9.84 Å². The van der Waals surface area contributed by atoms with Crippen LogP contribution in [0.5, 0.6) is 5.75 Å². The summed E-state index contributed by atoms with van der Waals surface area (Å²) in [5.74, 6) is 0.563. The van der Waals surface area contributed by atoms with Crippen molar-refractivity contribution in [1.29, 1.82) is 0 Å². The van der Waals surface area contributed by atoms with Crippen molar-refractivity contribution in [2.75, 3.05) is 12.8 Å². The third-order valence-electron chi connectivity index (χ3n) is 4.31. The largest absolute Gasteiger partial charge is 0.490 e. The maximum absolute atomic E-state index is 12.4. The highest BCUT2D eigenvalue weighted by Crippen LogP contribution is 2.18. The number of hydrogen-bond acceptors (Lipinski definition) is 5. The van der Waals surface area contributed by atoms with Crippen molar-refractivity contribution in [3.63, 3.8) is 0 Å². The number of pyridine rings is 1. The van der Waals surface area contributed by atoms with E-state index in [9.17, 15) is 13.2 Å². The molecule has 1 N–H and O–H groups in total. The Morgan fingerprint density at radius 2 is 1.92 bits per heavy atom. The second-order valence-electron chi connectivity index (χ2n) is 6.46. The van der Waals surface area contributed by atoms with Crippen molar-refractivity contribution < 1.29 is 13.2 Å². The monoisotopic (exact) mass is 362 g/mol. The first-order valence-electron chi connectivity index (χ1n) is 8.26. The molecule has 2 heterocycles. The van der Waals surface area contributed by atoms with Gasteiger partial charge in [-0.1, -0.05) is 0 Å². The highest BCUT2D eigenvalue weighted by molar-refractivity contribution is 7.90. The van der Waals surface area contributed by atoms with Crippen LogP contribution in [0.4, 0.5) is 0 Å². The molecule has 0 bridgehead atoms. The van der Waals surface area contributed by atoms with Gasteiger partial charge in [0, 0.05) is 30.2 Å². The second kappa shape index (κ2) is 7.01. The third-order valence-corrected chi connectivity index (χ3v) is 5.44. The Morgan fingerprint density at radius 3 is 2.52 bits per heavy atom. The number of nitrogens with one attached hydrogen (secondary N) is 1. The zero-order chi connectivity index (χ0) is 18.0. The Hall–Kier alpha value is -2.12. The molecule has 1 aliphatic heterocycles. The quantitative estimate of drug-likeness (QED) is 0.897. The zero-order valence-corrected chi connectivity index (χ0v) is 15.1. The summed E-state index contributed by atoms with van der Waals surface area (Å²) in [4.78, 5) is 12.6.